The molecule has 9 heteroatoms. The second kappa shape index (κ2) is 12.6. The molecule has 0 aliphatic heterocycles. The average molecular weight is 489 g/mol. The molecule has 1 saturated carbocycles. The number of ether oxygens (including phenoxy) is 1. The van der Waals surface area contributed by atoms with Gasteiger partial charge in [0.1, 0.15) is 17.7 Å². The molecule has 4 N–H and O–H groups in total. The van der Waals surface area contributed by atoms with Gasteiger partial charge in [-0.05, 0) is 58.9 Å². The number of nitrogens with two attached hydrogens (primary N) is 1. The van der Waals surface area contributed by atoms with Gasteiger partial charge in [-0.25, -0.2) is 4.79 Å². The molecule has 1 fully saturated rings. The van der Waals surface area contributed by atoms with Crippen LogP contribution in [-0.2, 0) is 19.1 Å². The van der Waals surface area contributed by atoms with Gasteiger partial charge in [0.2, 0.25) is 17.7 Å². The Bertz CT molecular complexity index is 907. The third-order valence-corrected chi connectivity index (χ3v) is 5.58. The summed E-state index contributed by atoms with van der Waals surface area (Å²) in [6.45, 7) is 9.63. The van der Waals surface area contributed by atoms with Crippen molar-refractivity contribution in [2.75, 3.05) is 6.54 Å². The number of rotatable bonds is 12. The van der Waals surface area contributed by atoms with Crippen LogP contribution in [0.4, 0.5) is 4.79 Å². The number of hydrogen-bond donors (Lipinski definition) is 3. The average Bonchev–Trinajstić information content (AvgIpc) is 3.58. The van der Waals surface area contributed by atoms with Crippen LogP contribution < -0.4 is 16.4 Å². The van der Waals surface area contributed by atoms with Crippen LogP contribution in [0.15, 0.2) is 24.3 Å². The van der Waals surface area contributed by atoms with Crippen LogP contribution in [0.2, 0.25) is 0 Å². The number of nitrogens with one attached hydrogen (secondary N) is 2. The summed E-state index contributed by atoms with van der Waals surface area (Å²) in [5, 5.41) is 5.57. The summed E-state index contributed by atoms with van der Waals surface area (Å²) < 4.78 is 5.34. The highest BCUT2D eigenvalue weighted by atomic mass is 16.6. The maximum absolute atomic E-state index is 13.9. The van der Waals surface area contributed by atoms with Gasteiger partial charge in [-0.1, -0.05) is 43.2 Å². The number of benzene rings is 1. The van der Waals surface area contributed by atoms with Gasteiger partial charge in [0.15, 0.2) is 0 Å². The number of primary amides is 1. The molecule has 1 aliphatic carbocycles. The first-order valence-electron chi connectivity index (χ1n) is 12.4. The Morgan fingerprint density at radius 3 is 2.43 bits per heavy atom. The highest BCUT2D eigenvalue weighted by molar-refractivity contribution is 5.93. The van der Waals surface area contributed by atoms with E-state index in [0.29, 0.717) is 12.1 Å². The van der Waals surface area contributed by atoms with Crippen LogP contribution in [0, 0.1) is 6.92 Å². The summed E-state index contributed by atoms with van der Waals surface area (Å²) in [5.41, 5.74) is 6.24. The Morgan fingerprint density at radius 1 is 1.20 bits per heavy atom. The van der Waals surface area contributed by atoms with Crippen LogP contribution in [0.3, 0.4) is 0 Å². The van der Waals surface area contributed by atoms with Gasteiger partial charge in [-0.2, -0.15) is 0 Å². The minimum Gasteiger partial charge on any atom is -0.444 e. The SMILES string of the molecule is CCCCNC(=O)C(c1cccc(C)c1)N(C(=O)C(CCC(N)=O)NC(=O)OC(C)(C)C)C1CC1. The normalized spacial score (nSPS) is 15.0. The second-order valence-corrected chi connectivity index (χ2v) is 10.1. The number of aryl methyl sites for hydroxylation is 1. The highest BCUT2D eigenvalue weighted by Crippen LogP contribution is 2.36. The van der Waals surface area contributed by atoms with Gasteiger partial charge in [0.25, 0.3) is 0 Å². The first-order valence-corrected chi connectivity index (χ1v) is 12.4. The lowest BCUT2D eigenvalue weighted by molar-refractivity contribution is -0.143. The van der Waals surface area contributed by atoms with Gasteiger partial charge in [-0.3, -0.25) is 14.4 Å². The molecule has 0 radical (unpaired) electrons. The van der Waals surface area contributed by atoms with E-state index in [-0.39, 0.29) is 24.8 Å². The summed E-state index contributed by atoms with van der Waals surface area (Å²) in [6.07, 6.45) is 2.41. The van der Waals surface area contributed by atoms with E-state index in [2.05, 4.69) is 10.6 Å². The lowest BCUT2D eigenvalue weighted by Gasteiger charge is -2.34. The topological polar surface area (TPSA) is 131 Å². The van der Waals surface area contributed by atoms with E-state index in [1.807, 2.05) is 38.1 Å². The number of nitrogens with zero attached hydrogens (tertiary/aromatic N) is 1. The van der Waals surface area contributed by atoms with Crippen LogP contribution >= 0.6 is 0 Å². The van der Waals surface area contributed by atoms with Crippen LogP contribution in [-0.4, -0.2) is 52.9 Å². The van der Waals surface area contributed by atoms with E-state index in [1.54, 1.807) is 25.7 Å². The zero-order chi connectivity index (χ0) is 26.2. The monoisotopic (exact) mass is 488 g/mol. The zero-order valence-corrected chi connectivity index (χ0v) is 21.6. The number of hydrogen-bond acceptors (Lipinski definition) is 5. The zero-order valence-electron chi connectivity index (χ0n) is 21.6. The van der Waals surface area contributed by atoms with Gasteiger partial charge >= 0.3 is 6.09 Å². The van der Waals surface area contributed by atoms with Crippen molar-refractivity contribution in [2.45, 2.75) is 96.9 Å². The third-order valence-electron chi connectivity index (χ3n) is 5.58. The summed E-state index contributed by atoms with van der Waals surface area (Å²) in [4.78, 5) is 52.9. The minimum absolute atomic E-state index is 0.00855. The summed E-state index contributed by atoms with van der Waals surface area (Å²) >= 11 is 0. The minimum atomic E-state index is -1.06. The molecular formula is C26H40N4O5. The molecular weight excluding hydrogens is 448 g/mol. The van der Waals surface area contributed by atoms with Gasteiger partial charge < -0.3 is 26.0 Å². The largest absolute Gasteiger partial charge is 0.444 e. The van der Waals surface area contributed by atoms with E-state index in [1.165, 1.54) is 0 Å². The molecule has 0 spiro atoms. The molecule has 2 unspecified atom stereocenters. The van der Waals surface area contributed by atoms with E-state index in [0.717, 1.165) is 31.2 Å². The fraction of sp³-hybridized carbons (Fsp3) is 0.615. The highest BCUT2D eigenvalue weighted by Gasteiger charge is 2.44. The summed E-state index contributed by atoms with van der Waals surface area (Å²) in [5.74, 6) is -1.29. The Labute approximate surface area is 208 Å². The molecule has 1 aliphatic rings. The number of unbranched alkanes of at least 4 members (excludes halogenated alkanes) is 1. The van der Waals surface area contributed by atoms with Crippen LogP contribution in [0.25, 0.3) is 0 Å². The molecule has 0 aromatic heterocycles. The Kier molecular flexibility index (Phi) is 10.1. The molecule has 0 bridgehead atoms. The first kappa shape index (κ1) is 28.1. The van der Waals surface area contributed by atoms with E-state index in [4.69, 9.17) is 10.5 Å². The van der Waals surface area contributed by atoms with Crippen molar-refractivity contribution in [3.63, 3.8) is 0 Å². The van der Waals surface area contributed by atoms with Crippen molar-refractivity contribution in [3.05, 3.63) is 35.4 Å². The molecule has 0 saturated heterocycles. The van der Waals surface area contributed by atoms with E-state index >= 15 is 0 Å². The maximum atomic E-state index is 13.9. The standard InChI is InChI=1S/C26H40N4O5/c1-6-7-15-28-23(32)22(18-10-8-9-17(2)16-18)30(19-11-12-19)24(33)20(13-14-21(27)31)29-25(34)35-26(3,4)5/h8-10,16,19-20,22H,6-7,11-15H2,1-5H3,(H2,27,31)(H,28,32)(H,29,34). The number of alkyl carbamates (subject to hydrolysis) is 1. The lowest BCUT2D eigenvalue weighted by Crippen LogP contribution is -2.54. The smallest absolute Gasteiger partial charge is 0.408 e. The van der Waals surface area contributed by atoms with Crippen molar-refractivity contribution >= 4 is 23.8 Å². The van der Waals surface area contributed by atoms with Crippen molar-refractivity contribution in [1.82, 2.24) is 15.5 Å². The second-order valence-electron chi connectivity index (χ2n) is 10.1. The van der Waals surface area contributed by atoms with Gasteiger partial charge in [0, 0.05) is 19.0 Å². The third kappa shape index (κ3) is 9.22. The molecule has 1 aromatic rings. The number of carbonyl (C=O) groups is 4. The number of carbonyl (C=O) groups excluding carboxylic acids is 4. The maximum Gasteiger partial charge on any atom is 0.408 e. The Hall–Kier alpha value is -3.10. The van der Waals surface area contributed by atoms with Gasteiger partial charge in [0.05, 0.1) is 0 Å². The predicted molar refractivity (Wildman–Crippen MR) is 133 cm³/mol. The van der Waals surface area contributed by atoms with Crippen molar-refractivity contribution in [2.24, 2.45) is 5.73 Å². The van der Waals surface area contributed by atoms with Crippen molar-refractivity contribution in [3.8, 4) is 0 Å². The fourth-order valence-electron chi connectivity index (χ4n) is 3.81. The molecule has 0 heterocycles. The molecule has 4 amide bonds. The molecule has 1 aromatic carbocycles. The molecule has 2 rings (SSSR count). The Morgan fingerprint density at radius 2 is 1.89 bits per heavy atom. The summed E-state index contributed by atoms with van der Waals surface area (Å²) in [6, 6.07) is 5.46. The quantitative estimate of drug-likeness (QED) is 0.389. The first-order chi connectivity index (χ1) is 16.4. The Balaban J connectivity index is 2.40. The molecule has 194 valence electrons. The summed E-state index contributed by atoms with van der Waals surface area (Å²) in [7, 11) is 0. The fourth-order valence-corrected chi connectivity index (χ4v) is 3.81. The van der Waals surface area contributed by atoms with E-state index in [9.17, 15) is 19.2 Å². The molecule has 9 nitrogen and oxygen atoms in total. The molecule has 2 atom stereocenters. The lowest BCUT2D eigenvalue weighted by atomic mass is 9.99. The number of amides is 4. The van der Waals surface area contributed by atoms with Crippen LogP contribution in [0.5, 0.6) is 0 Å². The predicted octanol–water partition coefficient (Wildman–Crippen LogP) is 3.10. The van der Waals surface area contributed by atoms with E-state index < -0.39 is 35.6 Å². The van der Waals surface area contributed by atoms with Crippen molar-refractivity contribution in [1.29, 1.82) is 0 Å². The van der Waals surface area contributed by atoms with Crippen molar-refractivity contribution < 1.29 is 23.9 Å². The van der Waals surface area contributed by atoms with Crippen LogP contribution in [0.1, 0.15) is 83.4 Å². The molecule has 35 heavy (non-hydrogen) atoms. The van der Waals surface area contributed by atoms with Gasteiger partial charge in [-0.15, -0.1) is 0 Å².